The van der Waals surface area contributed by atoms with Crippen molar-refractivity contribution in [3.05, 3.63) is 47.1 Å². The summed E-state index contributed by atoms with van der Waals surface area (Å²) < 4.78 is 23.9. The maximum Gasteiger partial charge on any atom is 0.156 e. The van der Waals surface area contributed by atoms with Crippen LogP contribution in [0.5, 0.6) is 0 Å². The molecule has 4 saturated heterocycles. The molecule has 149 heavy (non-hydrogen) atoms. The SMILES string of the molecule is CC(C)=CCC[C@@H](C)[C@H]1CC[C@H]2[C@@H]3C=CC4=CC(=O)CC[C@]4(C)[C@H]3CC[C@]12C.C[C@H](CCC(O)C(C)(C)O)[C@H]1CC[C@H]2[C@@H]3C(=O)C[C@@H]4CC(=O)CC[C@]4(C)[C@H]3CC[C@]12C.C[C@H](CCC1OC1(C)C)[C@H]1CC[C@H]2[C@@H]3C(=O)C[C@@H]4CC(=O)CC[C@]4(C)[C@H]3CC[C@]12C.C[C@H](CCC1OC1(C)C)[C@H]1CC[C@H]2[C@@H]3C(O)C[C@@H]4CC(=O)CC[C@]4(C)[C@H]3CC[C@]12C.C[C@H](CCC1OC1(C)C)[C@H]1CC[C@H]2[C@@H]3C4OC4C4=CC(=O)CC[C@]4(C)[C@H]3CC[C@]12C. The van der Waals surface area contributed by atoms with E-state index in [0.29, 0.717) is 208 Å². The lowest BCUT2D eigenvalue weighted by molar-refractivity contribution is -0.169. The molecule has 0 bridgehead atoms. The quantitative estimate of drug-likeness (QED) is 0.0717. The zero-order valence-corrected chi connectivity index (χ0v) is 98.5. The maximum atomic E-state index is 13.5. The largest absolute Gasteiger partial charge is 0.393 e. The van der Waals surface area contributed by atoms with Gasteiger partial charge in [-0.25, -0.2) is 0 Å². The van der Waals surface area contributed by atoms with E-state index in [2.05, 4.69) is 177 Å². The van der Waals surface area contributed by atoms with Crippen LogP contribution in [-0.2, 0) is 52.5 Å². The Bertz CT molecular complexity index is 5120. The molecule has 4 aliphatic heterocycles. The second-order valence-corrected chi connectivity index (χ2v) is 62.7. The summed E-state index contributed by atoms with van der Waals surface area (Å²) in [5.74, 6) is 20.0. The molecule has 0 aromatic carbocycles. The molecule has 21 fully saturated rings. The van der Waals surface area contributed by atoms with Gasteiger partial charge in [0.05, 0.1) is 59.0 Å². The topological polar surface area (TPSA) is 230 Å². The summed E-state index contributed by atoms with van der Waals surface area (Å²) in [5, 5.41) is 31.7. The Hall–Kier alpha value is -3.63. The maximum absolute atomic E-state index is 13.5. The molecule has 834 valence electrons. The van der Waals surface area contributed by atoms with Gasteiger partial charge in [-0.3, -0.25) is 33.6 Å². The highest BCUT2D eigenvalue weighted by molar-refractivity contribution is 5.93. The summed E-state index contributed by atoms with van der Waals surface area (Å²) in [6.45, 7) is 58.5. The Labute approximate surface area is 903 Å². The number of carbonyl (C=O) groups is 7. The second-order valence-electron chi connectivity index (χ2n) is 62.7. The molecule has 0 aromatic heterocycles. The number of aliphatic hydroxyl groups excluding tert-OH is 2. The predicted molar refractivity (Wildman–Crippen MR) is 593 cm³/mol. The summed E-state index contributed by atoms with van der Waals surface area (Å²) in [6, 6.07) is 0. The number of carbonyl (C=O) groups excluding carboxylic acids is 7. The van der Waals surface area contributed by atoms with Crippen molar-refractivity contribution >= 4 is 40.5 Å². The van der Waals surface area contributed by atoms with Crippen LogP contribution < -0.4 is 0 Å². The van der Waals surface area contributed by atoms with Crippen LogP contribution in [0.1, 0.15) is 468 Å². The molecule has 14 nitrogen and oxygen atoms in total. The number of rotatable bonds is 21. The molecule has 0 amide bonds. The van der Waals surface area contributed by atoms with Gasteiger partial charge in [-0.1, -0.05) is 128 Å². The first-order chi connectivity index (χ1) is 69.9. The number of allylic oxidation sites excluding steroid dienone is 6. The Morgan fingerprint density at radius 2 is 0.745 bits per heavy atom. The minimum Gasteiger partial charge on any atom is -0.393 e. The molecular weight excluding hydrogens is 1850 g/mol. The van der Waals surface area contributed by atoms with E-state index in [-0.39, 0.29) is 79.3 Å². The standard InChI is InChI=1S/C27H44O4.C27H40O3.C27H44O3.C27H42O3.C27H40O/c1-16(6-9-23(30)25(2,3)31)19-7-8-20-24-21(11-13-27(19,20)5)26(4)12-10-18(28)14-17(26)15-22(24)29;1-15(6-9-21-25(2,3)30-21)17-7-8-18-22-19(11-13-26(17,18)4)27(5)12-10-16(28)14-20(27)23-24(22)29-23;2*1-16(6-9-23-25(2,3)30-23)19-7-8-20-24-21(11-13-27(19,20)5)26(4)12-10-18(28)14-17(26)15-22(24)29;1-18(2)7-6-8-19(3)23-11-12-24-22-10-9-20-17-21(28)13-15-26(20,4)25(22)14-16-27(23,24)5/h16-17,19-21,23-24,30-31H,6-15H2,1-5H3;14-15,17-19,21-24H,6-13H2,1-5H3;16-17,19-24,29H,6-15H2,1-5H3;16-17,19-21,23-24H,6-15H2,1-5H3;7,9-10,17,19,22-25H,6,8,11-16H2,1-5H3/t16-,17+,19-,20+,21+,23?,24+,26+,27-;15-,17-,18+,19+,21?,22+,23?,24?,26-,27-;16-,17+,19-,20+,21+,22?,23?,24+,26+,27-;16-,17+,19-,20+,21+,23?,24+,26+,27-;19-,22+,23-,24+,25+,26+,27-/m11111/s1. The molecule has 20 aliphatic carbocycles. The highest BCUT2D eigenvalue weighted by Crippen LogP contribution is 2.76. The van der Waals surface area contributed by atoms with Crippen LogP contribution in [-0.4, -0.2) is 121 Å². The zero-order valence-electron chi connectivity index (χ0n) is 98.5. The van der Waals surface area contributed by atoms with E-state index in [9.17, 15) is 48.9 Å². The lowest BCUT2D eigenvalue weighted by atomic mass is 9.44. The highest BCUT2D eigenvalue weighted by atomic mass is 16.6. The van der Waals surface area contributed by atoms with E-state index in [1.807, 2.05) is 12.2 Å². The van der Waals surface area contributed by atoms with Crippen molar-refractivity contribution < 1.29 is 67.8 Å². The van der Waals surface area contributed by atoms with Gasteiger partial charge in [-0.2, -0.15) is 0 Å². The van der Waals surface area contributed by atoms with Gasteiger partial charge in [0, 0.05) is 76.0 Å². The molecule has 7 unspecified atom stereocenters. The summed E-state index contributed by atoms with van der Waals surface area (Å²) >= 11 is 0. The van der Waals surface area contributed by atoms with Crippen LogP contribution in [0.4, 0.5) is 0 Å². The molecule has 0 spiro atoms. The average molecular weight is 2060 g/mol. The van der Waals surface area contributed by atoms with Gasteiger partial charge in [-0.05, 0) is 532 Å². The van der Waals surface area contributed by atoms with Gasteiger partial charge in [0.25, 0.3) is 0 Å². The molecule has 4 heterocycles. The van der Waals surface area contributed by atoms with E-state index < -0.39 is 11.7 Å². The van der Waals surface area contributed by atoms with Crippen LogP contribution >= 0.6 is 0 Å². The van der Waals surface area contributed by atoms with Gasteiger partial charge >= 0.3 is 0 Å². The second kappa shape index (κ2) is 40.6. The fourth-order valence-electron chi connectivity index (χ4n) is 44.0. The van der Waals surface area contributed by atoms with Gasteiger partial charge in [0.2, 0.25) is 0 Å². The highest BCUT2D eigenvalue weighted by Gasteiger charge is 2.73. The van der Waals surface area contributed by atoms with Gasteiger partial charge in [0.15, 0.2) is 11.6 Å². The van der Waals surface area contributed by atoms with E-state index in [0.717, 1.165) is 155 Å². The number of aliphatic hydroxyl groups is 3. The molecule has 3 N–H and O–H groups in total. The molecule has 24 rings (SSSR count). The van der Waals surface area contributed by atoms with Crippen molar-refractivity contribution in [3.63, 3.8) is 0 Å². The van der Waals surface area contributed by atoms with E-state index in [1.54, 1.807) is 13.8 Å². The smallest absolute Gasteiger partial charge is 0.156 e. The summed E-state index contributed by atoms with van der Waals surface area (Å²) in [4.78, 5) is 87.4. The number of hydrogen-bond acceptors (Lipinski definition) is 14. The van der Waals surface area contributed by atoms with Crippen LogP contribution in [0.25, 0.3) is 0 Å². The van der Waals surface area contributed by atoms with Crippen molar-refractivity contribution in [3.8, 4) is 0 Å². The van der Waals surface area contributed by atoms with Crippen molar-refractivity contribution in [2.75, 3.05) is 0 Å². The number of ether oxygens (including phenoxy) is 4. The van der Waals surface area contributed by atoms with Crippen LogP contribution in [0.15, 0.2) is 47.1 Å². The third kappa shape index (κ3) is 19.9. The van der Waals surface area contributed by atoms with Crippen molar-refractivity contribution in [1.82, 2.24) is 0 Å². The van der Waals surface area contributed by atoms with Crippen molar-refractivity contribution in [2.24, 2.45) is 220 Å². The molecule has 45 atom stereocenters. The molecule has 17 saturated carbocycles. The monoisotopic (exact) mass is 2060 g/mol. The lowest BCUT2D eigenvalue weighted by Gasteiger charge is -2.62. The van der Waals surface area contributed by atoms with Gasteiger partial charge in [-0.15, -0.1) is 0 Å². The van der Waals surface area contributed by atoms with E-state index in [4.69, 9.17) is 18.9 Å². The molecule has 14 heteroatoms. The van der Waals surface area contributed by atoms with Gasteiger partial charge in [0.1, 0.15) is 35.0 Å². The summed E-state index contributed by atoms with van der Waals surface area (Å²) in [5.41, 5.74) is 6.42. The fourth-order valence-corrected chi connectivity index (χ4v) is 44.0. The number of hydrogen-bond donors (Lipinski definition) is 3. The first-order valence-corrected chi connectivity index (χ1v) is 63.1. The summed E-state index contributed by atoms with van der Waals surface area (Å²) in [7, 11) is 0. The van der Waals surface area contributed by atoms with Crippen LogP contribution in [0, 0.1) is 220 Å². The molecule has 0 aromatic rings. The lowest BCUT2D eigenvalue weighted by Crippen LogP contribution is -2.58. The Balaban J connectivity index is 0.000000113. The van der Waals surface area contributed by atoms with Gasteiger partial charge < -0.3 is 34.3 Å². The minimum absolute atomic E-state index is 0.0990. The van der Waals surface area contributed by atoms with E-state index >= 15 is 0 Å². The fraction of sp³-hybridized carbons (Fsp3) is 0.889. The van der Waals surface area contributed by atoms with E-state index in [1.165, 1.54) is 184 Å². The van der Waals surface area contributed by atoms with Crippen LogP contribution in [0.2, 0.25) is 0 Å². The Morgan fingerprint density at radius 3 is 1.19 bits per heavy atom. The molecular formula is C135H210O14. The number of Topliss-reactive ketones (excluding diaryl/α,β-unsaturated/α-hetero) is 5. The Morgan fingerprint density at radius 1 is 0.389 bits per heavy atom. The third-order valence-electron chi connectivity index (χ3n) is 53.6. The number of fused-ring (bicyclic) bond motifs is 28. The summed E-state index contributed by atoms with van der Waals surface area (Å²) in [6.07, 6.45) is 63.0. The third-order valence-corrected chi connectivity index (χ3v) is 53.6. The Kier molecular flexibility index (Phi) is 30.6. The predicted octanol–water partition coefficient (Wildman–Crippen LogP) is 29.7. The average Bonchev–Trinajstić information content (AvgIpc) is 1.52. The van der Waals surface area contributed by atoms with Crippen LogP contribution in [0.3, 0.4) is 0 Å². The minimum atomic E-state index is -1.05. The zero-order chi connectivity index (χ0) is 107. The normalized spacial score (nSPS) is 49.0. The number of ketones is 7. The molecule has 0 radical (unpaired) electrons. The first kappa shape index (κ1) is 112. The van der Waals surface area contributed by atoms with Crippen molar-refractivity contribution in [1.29, 1.82) is 0 Å². The van der Waals surface area contributed by atoms with Crippen molar-refractivity contribution in [2.45, 2.75) is 534 Å². The molecule has 24 aliphatic rings. The number of epoxide rings is 4. The first-order valence-electron chi connectivity index (χ1n) is 63.1.